The summed E-state index contributed by atoms with van der Waals surface area (Å²) in [6, 6.07) is 8.92. The van der Waals surface area contributed by atoms with E-state index in [9.17, 15) is 13.2 Å². The number of hydrogen-bond donors (Lipinski definition) is 3. The van der Waals surface area contributed by atoms with Crippen LogP contribution in [-0.4, -0.2) is 14.3 Å². The fourth-order valence-corrected chi connectivity index (χ4v) is 2.93. The number of carbonyl (C=O) groups is 1. The lowest BCUT2D eigenvalue weighted by Crippen LogP contribution is -2.33. The van der Waals surface area contributed by atoms with E-state index in [-0.39, 0.29) is 17.3 Å². The molecule has 2 rings (SSSR count). The van der Waals surface area contributed by atoms with Gasteiger partial charge in [0.2, 0.25) is 15.9 Å². The first-order valence-electron chi connectivity index (χ1n) is 6.06. The van der Waals surface area contributed by atoms with Gasteiger partial charge < -0.3 is 11.1 Å². The zero-order valence-corrected chi connectivity index (χ0v) is 12.7. The van der Waals surface area contributed by atoms with Crippen molar-refractivity contribution in [2.24, 2.45) is 10.9 Å². The van der Waals surface area contributed by atoms with Gasteiger partial charge in [0, 0.05) is 11.4 Å². The third-order valence-electron chi connectivity index (χ3n) is 2.85. The molecule has 0 aliphatic rings. The van der Waals surface area contributed by atoms with Crippen LogP contribution in [-0.2, 0) is 21.4 Å². The highest BCUT2D eigenvalue weighted by Crippen LogP contribution is 2.17. The summed E-state index contributed by atoms with van der Waals surface area (Å²) in [6.45, 7) is 0.267. The molecule has 0 spiro atoms. The highest BCUT2D eigenvalue weighted by Gasteiger charge is 2.16. The first-order chi connectivity index (χ1) is 9.88. The molecule has 0 radical (unpaired) electrons. The molecule has 0 aliphatic carbocycles. The molecule has 0 bridgehead atoms. The number of carbonyl (C=O) groups excluding carboxylic acids is 1. The van der Waals surface area contributed by atoms with E-state index in [1.165, 1.54) is 23.5 Å². The van der Waals surface area contributed by atoms with Gasteiger partial charge in [-0.05, 0) is 29.1 Å². The maximum Gasteiger partial charge on any atom is 0.242 e. The Balaban J connectivity index is 1.95. The van der Waals surface area contributed by atoms with Crippen LogP contribution in [0.25, 0.3) is 0 Å². The van der Waals surface area contributed by atoms with Crippen LogP contribution >= 0.6 is 11.3 Å². The van der Waals surface area contributed by atoms with Gasteiger partial charge in [0.05, 0.1) is 4.90 Å². The van der Waals surface area contributed by atoms with Gasteiger partial charge in [-0.3, -0.25) is 4.79 Å². The molecule has 0 saturated heterocycles. The summed E-state index contributed by atoms with van der Waals surface area (Å²) in [5, 5.41) is 9.57. The lowest BCUT2D eigenvalue weighted by molar-refractivity contribution is -0.122. The Morgan fingerprint density at radius 1 is 1.24 bits per heavy atom. The highest BCUT2D eigenvalue weighted by atomic mass is 32.2. The summed E-state index contributed by atoms with van der Waals surface area (Å²) >= 11 is 1.42. The van der Waals surface area contributed by atoms with Crippen molar-refractivity contribution in [2.75, 3.05) is 0 Å². The Morgan fingerprint density at radius 2 is 1.90 bits per heavy atom. The number of primary sulfonamides is 1. The molecule has 1 aromatic heterocycles. The summed E-state index contributed by atoms with van der Waals surface area (Å²) in [5.41, 5.74) is 6.59. The Kier molecular flexibility index (Phi) is 4.73. The van der Waals surface area contributed by atoms with Gasteiger partial charge in [-0.1, -0.05) is 18.2 Å². The number of rotatable bonds is 5. The summed E-state index contributed by atoms with van der Waals surface area (Å²) in [6.07, 6.45) is 0. The van der Waals surface area contributed by atoms with Crippen molar-refractivity contribution >= 4 is 27.3 Å². The summed E-state index contributed by atoms with van der Waals surface area (Å²) in [4.78, 5) is 12.7. The molecule has 0 aliphatic heterocycles. The zero-order chi connectivity index (χ0) is 15.5. The van der Waals surface area contributed by atoms with Crippen LogP contribution < -0.4 is 16.2 Å². The third-order valence-corrected chi connectivity index (χ3v) is 4.74. The van der Waals surface area contributed by atoms with Crippen molar-refractivity contribution in [3.05, 3.63) is 52.2 Å². The quantitative estimate of drug-likeness (QED) is 0.751. The van der Waals surface area contributed by atoms with Crippen LogP contribution in [0.4, 0.5) is 0 Å². The van der Waals surface area contributed by atoms with Crippen LogP contribution in [0.15, 0.2) is 46.7 Å². The number of nitrogens with two attached hydrogens (primary N) is 2. The maximum absolute atomic E-state index is 11.9. The Bertz CT molecular complexity index is 710. The van der Waals surface area contributed by atoms with Crippen LogP contribution in [0.3, 0.4) is 0 Å². The van der Waals surface area contributed by atoms with Crippen molar-refractivity contribution in [3.8, 4) is 0 Å². The fourth-order valence-electron chi connectivity index (χ4n) is 1.69. The molecule has 1 heterocycles. The second kappa shape index (κ2) is 6.35. The first kappa shape index (κ1) is 15.6. The predicted octanol–water partition coefficient (Wildman–Crippen LogP) is 0.712. The van der Waals surface area contributed by atoms with Crippen molar-refractivity contribution in [1.82, 2.24) is 5.32 Å². The van der Waals surface area contributed by atoms with Gasteiger partial charge >= 0.3 is 0 Å². The standard InChI is InChI=1S/C13H15N3O3S2/c14-12(11-2-1-7-20-11)13(17)16-8-9-3-5-10(6-4-9)21(15,18)19/h1-7,12H,8,14H2,(H,16,17)(H2,15,18,19). The largest absolute Gasteiger partial charge is 0.350 e. The average Bonchev–Trinajstić information content (AvgIpc) is 2.97. The van der Waals surface area contributed by atoms with Gasteiger partial charge in [0.25, 0.3) is 0 Å². The summed E-state index contributed by atoms with van der Waals surface area (Å²) in [5.74, 6) is -0.284. The molecule has 1 unspecified atom stereocenters. The molecule has 112 valence electrons. The summed E-state index contributed by atoms with van der Waals surface area (Å²) < 4.78 is 22.2. The molecular formula is C13H15N3O3S2. The van der Waals surface area contributed by atoms with Crippen molar-refractivity contribution < 1.29 is 13.2 Å². The normalized spacial score (nSPS) is 12.9. The Hall–Kier alpha value is -1.74. The van der Waals surface area contributed by atoms with E-state index in [0.717, 1.165) is 10.4 Å². The number of sulfonamides is 1. The van der Waals surface area contributed by atoms with E-state index >= 15 is 0 Å². The number of nitrogens with one attached hydrogen (secondary N) is 1. The van der Waals surface area contributed by atoms with Crippen LogP contribution in [0, 0.1) is 0 Å². The third kappa shape index (κ3) is 4.11. The minimum atomic E-state index is -3.70. The van der Waals surface area contributed by atoms with Crippen molar-refractivity contribution in [2.45, 2.75) is 17.5 Å². The average molecular weight is 325 g/mol. The minimum absolute atomic E-state index is 0.0351. The van der Waals surface area contributed by atoms with Gasteiger partial charge in [-0.25, -0.2) is 13.6 Å². The van der Waals surface area contributed by atoms with Crippen LogP contribution in [0.2, 0.25) is 0 Å². The molecule has 8 heteroatoms. The molecule has 1 atom stereocenters. The molecule has 21 heavy (non-hydrogen) atoms. The van der Waals surface area contributed by atoms with Gasteiger partial charge in [-0.2, -0.15) is 0 Å². The number of hydrogen-bond acceptors (Lipinski definition) is 5. The molecule has 1 aromatic carbocycles. The topological polar surface area (TPSA) is 115 Å². The number of benzene rings is 1. The van der Waals surface area contributed by atoms with Crippen molar-refractivity contribution in [1.29, 1.82) is 0 Å². The lowest BCUT2D eigenvalue weighted by atomic mass is 10.2. The van der Waals surface area contributed by atoms with E-state index in [2.05, 4.69) is 5.32 Å². The van der Waals surface area contributed by atoms with E-state index in [0.29, 0.717) is 0 Å². The number of thiophene rings is 1. The highest BCUT2D eigenvalue weighted by molar-refractivity contribution is 7.89. The lowest BCUT2D eigenvalue weighted by Gasteiger charge is -2.11. The molecule has 0 fully saturated rings. The molecular weight excluding hydrogens is 310 g/mol. The van der Waals surface area contributed by atoms with E-state index in [1.54, 1.807) is 18.2 Å². The minimum Gasteiger partial charge on any atom is -0.350 e. The Morgan fingerprint density at radius 3 is 2.43 bits per heavy atom. The molecule has 2 aromatic rings. The second-order valence-corrected chi connectivity index (χ2v) is 6.94. The van der Waals surface area contributed by atoms with Crippen LogP contribution in [0.1, 0.15) is 16.5 Å². The smallest absolute Gasteiger partial charge is 0.242 e. The molecule has 1 amide bonds. The Labute approximate surface area is 126 Å². The van der Waals surface area contributed by atoms with Crippen molar-refractivity contribution in [3.63, 3.8) is 0 Å². The fraction of sp³-hybridized carbons (Fsp3) is 0.154. The van der Waals surface area contributed by atoms with Gasteiger partial charge in [0.15, 0.2) is 0 Å². The van der Waals surface area contributed by atoms with Crippen LogP contribution in [0.5, 0.6) is 0 Å². The predicted molar refractivity (Wildman–Crippen MR) is 80.9 cm³/mol. The summed E-state index contributed by atoms with van der Waals surface area (Å²) in [7, 11) is -3.70. The van der Waals surface area contributed by atoms with E-state index < -0.39 is 16.1 Å². The van der Waals surface area contributed by atoms with Gasteiger partial charge in [-0.15, -0.1) is 11.3 Å². The molecule has 0 saturated carbocycles. The molecule has 6 nitrogen and oxygen atoms in total. The first-order valence-corrected chi connectivity index (χ1v) is 8.49. The SMILES string of the molecule is NC(C(=O)NCc1ccc(S(N)(=O)=O)cc1)c1cccs1. The van der Waals surface area contributed by atoms with Gasteiger partial charge in [0.1, 0.15) is 6.04 Å². The monoisotopic (exact) mass is 325 g/mol. The maximum atomic E-state index is 11.9. The molecule has 5 N–H and O–H groups in total. The second-order valence-electron chi connectivity index (χ2n) is 4.40. The van der Waals surface area contributed by atoms with E-state index in [4.69, 9.17) is 10.9 Å². The zero-order valence-electron chi connectivity index (χ0n) is 11.0. The van der Waals surface area contributed by atoms with E-state index in [1.807, 2.05) is 11.4 Å². The number of amides is 1.